The third-order valence-corrected chi connectivity index (χ3v) is 12.8. The van der Waals surface area contributed by atoms with Gasteiger partial charge in [0.2, 0.25) is 0 Å². The Hall–Kier alpha value is -6.07. The van der Waals surface area contributed by atoms with Crippen molar-refractivity contribution in [1.82, 2.24) is 15.0 Å². The first-order valence-electron chi connectivity index (χ1n) is 20.4. The molecular weight excluding hydrogens is 687 g/mol. The van der Waals surface area contributed by atoms with Crippen LogP contribution in [0.2, 0.25) is 0 Å². The normalized spacial score (nSPS) is 21.8. The van der Waals surface area contributed by atoms with Crippen molar-refractivity contribution in [2.24, 2.45) is 0 Å². The topological polar surface area (TPSA) is 61.0 Å². The van der Waals surface area contributed by atoms with Gasteiger partial charge in [0, 0.05) is 44.9 Å². The maximum absolute atomic E-state index is 6.63. The molecule has 0 bridgehead atoms. The van der Waals surface area contributed by atoms with Crippen LogP contribution in [0.25, 0.3) is 56.1 Å². The Morgan fingerprint density at radius 3 is 1.80 bits per heavy atom. The first kappa shape index (κ1) is 33.3. The summed E-state index contributed by atoms with van der Waals surface area (Å²) in [6.45, 7) is 0. The lowest BCUT2D eigenvalue weighted by Crippen LogP contribution is -2.31. The standard InChI is InChI=1S/C51H43N3O2/c1-3-11-32(12-4-1)36-15-9-16-37(29-36)38-25-27-42-43-28-26-39(31-47(43)55-46(42)30-38)51-53-49(34-13-5-2-6-14-34)52-50(54-51)35-23-21-33(22-24-35)40-18-10-19-44-41-17-7-8-20-45(41)56-48(40)44/h1-8,11-14,17,20-28,30-31,36-37,40,44,48H,9-10,15-16,18-19,29H2. The molecule has 11 rings (SSSR count). The predicted octanol–water partition coefficient (Wildman–Crippen LogP) is 13.0. The number of ether oxygens (including phenoxy) is 1. The second kappa shape index (κ2) is 13.9. The number of rotatable bonds is 6. The van der Waals surface area contributed by atoms with Crippen LogP contribution in [-0.4, -0.2) is 21.1 Å². The van der Waals surface area contributed by atoms with Crippen LogP contribution in [0.1, 0.15) is 90.9 Å². The van der Waals surface area contributed by atoms with Crippen molar-refractivity contribution in [2.45, 2.75) is 74.7 Å². The van der Waals surface area contributed by atoms with E-state index >= 15 is 0 Å². The van der Waals surface area contributed by atoms with Crippen LogP contribution in [0.4, 0.5) is 0 Å². The molecule has 0 spiro atoms. The zero-order valence-corrected chi connectivity index (χ0v) is 31.4. The highest BCUT2D eigenvalue weighted by molar-refractivity contribution is 6.06. The number of hydrogen-bond acceptors (Lipinski definition) is 5. The van der Waals surface area contributed by atoms with Crippen molar-refractivity contribution >= 4 is 21.9 Å². The number of hydrogen-bond donors (Lipinski definition) is 0. The summed E-state index contributed by atoms with van der Waals surface area (Å²) < 4.78 is 13.2. The number of nitrogens with zero attached hydrogens (tertiary/aromatic N) is 3. The van der Waals surface area contributed by atoms with E-state index in [1.54, 1.807) is 0 Å². The van der Waals surface area contributed by atoms with Crippen molar-refractivity contribution in [3.8, 4) is 39.9 Å². The first-order chi connectivity index (χ1) is 27.7. The predicted molar refractivity (Wildman–Crippen MR) is 224 cm³/mol. The molecule has 274 valence electrons. The van der Waals surface area contributed by atoms with Gasteiger partial charge in [-0.3, -0.25) is 0 Å². The lowest BCUT2D eigenvalue weighted by atomic mass is 9.74. The largest absolute Gasteiger partial charge is 0.489 e. The number of para-hydroxylation sites is 1. The monoisotopic (exact) mass is 729 g/mol. The van der Waals surface area contributed by atoms with Crippen molar-refractivity contribution in [3.05, 3.63) is 168 Å². The van der Waals surface area contributed by atoms with Crippen LogP contribution in [0, 0.1) is 0 Å². The quantitative estimate of drug-likeness (QED) is 0.170. The molecule has 5 atom stereocenters. The van der Waals surface area contributed by atoms with Crippen LogP contribution in [-0.2, 0) is 0 Å². The van der Waals surface area contributed by atoms with Gasteiger partial charge in [0.15, 0.2) is 17.5 Å². The van der Waals surface area contributed by atoms with Gasteiger partial charge in [0.05, 0.1) is 0 Å². The SMILES string of the molecule is c1ccc(-c2nc(-c3ccc(C4CCCC5c6ccccc6OC45)cc3)nc(-c3ccc4c(c3)oc3cc(C5CCCC(c6ccccc6)C5)ccc34)n2)cc1. The molecule has 5 heteroatoms. The van der Waals surface area contributed by atoms with E-state index in [0.717, 1.165) is 50.8 Å². The summed E-state index contributed by atoms with van der Waals surface area (Å²) in [6.07, 6.45) is 8.61. The van der Waals surface area contributed by atoms with Crippen molar-refractivity contribution < 1.29 is 9.15 Å². The molecule has 1 aliphatic heterocycles. The summed E-state index contributed by atoms with van der Waals surface area (Å²) >= 11 is 0. The minimum atomic E-state index is 0.180. The molecule has 0 radical (unpaired) electrons. The average Bonchev–Trinajstić information content (AvgIpc) is 3.85. The molecule has 2 aromatic heterocycles. The van der Waals surface area contributed by atoms with Crippen molar-refractivity contribution in [2.75, 3.05) is 0 Å². The van der Waals surface area contributed by atoms with E-state index in [1.807, 2.05) is 18.2 Å². The zero-order chi connectivity index (χ0) is 37.0. The summed E-state index contributed by atoms with van der Waals surface area (Å²) in [7, 11) is 0. The van der Waals surface area contributed by atoms with Crippen molar-refractivity contribution in [1.29, 1.82) is 0 Å². The molecular formula is C51H43N3O2. The van der Waals surface area contributed by atoms with Gasteiger partial charge in [-0.2, -0.15) is 0 Å². The third-order valence-electron chi connectivity index (χ3n) is 12.8. The molecule has 2 aliphatic carbocycles. The number of furan rings is 1. The van der Waals surface area contributed by atoms with Gasteiger partial charge in [0.1, 0.15) is 23.0 Å². The van der Waals surface area contributed by atoms with Gasteiger partial charge < -0.3 is 9.15 Å². The molecule has 0 saturated heterocycles. The molecule has 3 aliphatic rings. The Bertz CT molecular complexity index is 2690. The van der Waals surface area contributed by atoms with E-state index < -0.39 is 0 Å². The minimum Gasteiger partial charge on any atom is -0.489 e. The van der Waals surface area contributed by atoms with Crippen LogP contribution >= 0.6 is 0 Å². The molecule has 6 aromatic carbocycles. The van der Waals surface area contributed by atoms with E-state index in [-0.39, 0.29) is 6.10 Å². The molecule has 56 heavy (non-hydrogen) atoms. The van der Waals surface area contributed by atoms with Gasteiger partial charge >= 0.3 is 0 Å². The average molecular weight is 730 g/mol. The summed E-state index contributed by atoms with van der Waals surface area (Å²) in [5, 5.41) is 2.25. The second-order valence-corrected chi connectivity index (χ2v) is 16.1. The Morgan fingerprint density at radius 2 is 1.02 bits per heavy atom. The van der Waals surface area contributed by atoms with Gasteiger partial charge in [-0.1, -0.05) is 134 Å². The minimum absolute atomic E-state index is 0.180. The summed E-state index contributed by atoms with van der Waals surface area (Å²) in [5.74, 6) is 4.94. The lowest BCUT2D eigenvalue weighted by Gasteiger charge is -2.33. The Morgan fingerprint density at radius 1 is 0.446 bits per heavy atom. The fourth-order valence-corrected chi connectivity index (χ4v) is 10.00. The van der Waals surface area contributed by atoms with E-state index in [0.29, 0.717) is 41.1 Å². The van der Waals surface area contributed by atoms with Crippen LogP contribution < -0.4 is 4.74 Å². The van der Waals surface area contributed by atoms with Gasteiger partial charge in [-0.25, -0.2) is 15.0 Å². The van der Waals surface area contributed by atoms with E-state index in [4.69, 9.17) is 24.1 Å². The zero-order valence-electron chi connectivity index (χ0n) is 31.4. The maximum atomic E-state index is 6.63. The molecule has 2 saturated carbocycles. The van der Waals surface area contributed by atoms with Gasteiger partial charge in [-0.05, 0) is 84.9 Å². The maximum Gasteiger partial charge on any atom is 0.164 e. The highest BCUT2D eigenvalue weighted by atomic mass is 16.5. The fourth-order valence-electron chi connectivity index (χ4n) is 10.00. The highest BCUT2D eigenvalue weighted by Gasteiger charge is 2.42. The summed E-state index contributed by atoms with van der Waals surface area (Å²) in [5.41, 5.74) is 10.1. The number of benzene rings is 6. The molecule has 0 amide bonds. The summed E-state index contributed by atoms with van der Waals surface area (Å²) in [4.78, 5) is 15.2. The third kappa shape index (κ3) is 5.97. The van der Waals surface area contributed by atoms with Gasteiger partial charge in [0.25, 0.3) is 0 Å². The van der Waals surface area contributed by atoms with E-state index in [9.17, 15) is 0 Å². The van der Waals surface area contributed by atoms with Crippen LogP contribution in [0.15, 0.2) is 150 Å². The molecule has 5 unspecified atom stereocenters. The molecule has 8 aromatic rings. The Kier molecular flexibility index (Phi) is 8.26. The van der Waals surface area contributed by atoms with Crippen molar-refractivity contribution in [3.63, 3.8) is 0 Å². The van der Waals surface area contributed by atoms with Gasteiger partial charge in [-0.15, -0.1) is 0 Å². The fraction of sp³-hybridized carbons (Fsp3) is 0.235. The summed E-state index contributed by atoms with van der Waals surface area (Å²) in [6, 6.07) is 51.9. The van der Waals surface area contributed by atoms with Crippen LogP contribution in [0.5, 0.6) is 5.75 Å². The number of aromatic nitrogens is 3. The lowest BCUT2D eigenvalue weighted by molar-refractivity contribution is 0.138. The highest BCUT2D eigenvalue weighted by Crippen LogP contribution is 2.50. The Labute approximate surface area is 327 Å². The molecule has 5 nitrogen and oxygen atoms in total. The van der Waals surface area contributed by atoms with E-state index in [2.05, 4.69) is 127 Å². The second-order valence-electron chi connectivity index (χ2n) is 16.1. The molecule has 2 fully saturated rings. The Balaban J connectivity index is 0.912. The molecule has 3 heterocycles. The van der Waals surface area contributed by atoms with Crippen LogP contribution in [0.3, 0.4) is 0 Å². The first-order valence-corrected chi connectivity index (χ1v) is 20.4. The van der Waals surface area contributed by atoms with E-state index in [1.165, 1.54) is 60.8 Å². The number of fused-ring (bicyclic) bond motifs is 6. The smallest absolute Gasteiger partial charge is 0.164 e. The molecule has 0 N–H and O–H groups in total.